The first-order chi connectivity index (χ1) is 9.09. The van der Waals surface area contributed by atoms with E-state index in [1.54, 1.807) is 18.2 Å². The number of rotatable bonds is 2. The highest BCUT2D eigenvalue weighted by Crippen LogP contribution is 2.26. The van der Waals surface area contributed by atoms with E-state index < -0.39 is 9.84 Å². The van der Waals surface area contributed by atoms with Gasteiger partial charge >= 0.3 is 0 Å². The Morgan fingerprint density at radius 1 is 1.37 bits per heavy atom. The fraction of sp³-hybridized carbons (Fsp3) is 0.417. The normalized spacial score (nSPS) is 22.4. The third-order valence-corrected chi connectivity index (χ3v) is 5.18. The molecule has 0 radical (unpaired) electrons. The molecule has 1 atom stereocenters. The number of aldehydes is 1. The van der Waals surface area contributed by atoms with Crippen molar-refractivity contribution in [2.45, 2.75) is 18.8 Å². The molecule has 1 saturated heterocycles. The number of fused-ring (bicyclic) bond motifs is 1. The number of carbonyl (C=O) groups is 1. The van der Waals surface area contributed by atoms with E-state index in [4.69, 9.17) is 0 Å². The van der Waals surface area contributed by atoms with Gasteiger partial charge in [0.1, 0.15) is 5.69 Å². The number of hydrogen-bond acceptors (Lipinski definition) is 5. The van der Waals surface area contributed by atoms with Crippen LogP contribution in [0.3, 0.4) is 0 Å². The lowest BCUT2D eigenvalue weighted by Gasteiger charge is -2.18. The Morgan fingerprint density at radius 2 is 2.21 bits per heavy atom. The van der Waals surface area contributed by atoms with E-state index >= 15 is 0 Å². The fourth-order valence-corrected chi connectivity index (χ4v) is 4.13. The molecule has 3 rings (SSSR count). The van der Waals surface area contributed by atoms with Crippen LogP contribution in [0.15, 0.2) is 18.2 Å². The number of carbonyl (C=O) groups excluding carboxylic acids is 1. The van der Waals surface area contributed by atoms with Crippen molar-refractivity contribution < 1.29 is 13.2 Å². The maximum absolute atomic E-state index is 11.7. The molecule has 2 aromatic rings. The lowest BCUT2D eigenvalue weighted by molar-refractivity contribution is 0.111. The highest BCUT2D eigenvalue weighted by molar-refractivity contribution is 7.91. The van der Waals surface area contributed by atoms with E-state index in [0.717, 1.165) is 6.42 Å². The maximum Gasteiger partial charge on any atom is 0.168 e. The summed E-state index contributed by atoms with van der Waals surface area (Å²) in [5.74, 6) is 0.687. The summed E-state index contributed by atoms with van der Waals surface area (Å²) in [4.78, 5) is 15.3. The second-order valence-electron chi connectivity index (χ2n) is 4.76. The summed E-state index contributed by atoms with van der Waals surface area (Å²) in [6.07, 6.45) is 2.12. The topological polar surface area (TPSA) is 81.4 Å². The van der Waals surface area contributed by atoms with Crippen LogP contribution in [-0.4, -0.2) is 40.8 Å². The molecule has 100 valence electrons. The third kappa shape index (κ3) is 2.25. The summed E-state index contributed by atoms with van der Waals surface area (Å²) in [6, 6.07) is 5.13. The van der Waals surface area contributed by atoms with Crippen molar-refractivity contribution in [2.24, 2.45) is 0 Å². The number of hydrogen-bond donors (Lipinski definition) is 0. The van der Waals surface area contributed by atoms with E-state index in [1.807, 2.05) is 0 Å². The van der Waals surface area contributed by atoms with Gasteiger partial charge in [0.05, 0.1) is 11.5 Å². The van der Waals surface area contributed by atoms with Gasteiger partial charge in [0, 0.05) is 5.92 Å². The Morgan fingerprint density at radius 3 is 2.95 bits per heavy atom. The van der Waals surface area contributed by atoms with Crippen LogP contribution in [0.4, 0.5) is 0 Å². The van der Waals surface area contributed by atoms with Gasteiger partial charge in [-0.05, 0) is 25.0 Å². The van der Waals surface area contributed by atoms with E-state index in [0.29, 0.717) is 29.9 Å². The van der Waals surface area contributed by atoms with Crippen molar-refractivity contribution in [3.63, 3.8) is 0 Å². The zero-order valence-electron chi connectivity index (χ0n) is 10.2. The average molecular weight is 279 g/mol. The van der Waals surface area contributed by atoms with Gasteiger partial charge in [-0.25, -0.2) is 17.9 Å². The molecule has 19 heavy (non-hydrogen) atoms. The molecule has 1 fully saturated rings. The summed E-state index contributed by atoms with van der Waals surface area (Å²) in [5.41, 5.74) is 0.984. The van der Waals surface area contributed by atoms with E-state index in [2.05, 4.69) is 10.1 Å². The van der Waals surface area contributed by atoms with E-state index in [1.165, 1.54) is 4.52 Å². The lowest BCUT2D eigenvalue weighted by Crippen LogP contribution is -2.24. The van der Waals surface area contributed by atoms with Gasteiger partial charge in [0.25, 0.3) is 0 Å². The minimum atomic E-state index is -2.99. The molecule has 1 aliphatic rings. The first kappa shape index (κ1) is 12.3. The molecule has 0 saturated carbocycles. The van der Waals surface area contributed by atoms with Crippen LogP contribution >= 0.6 is 0 Å². The largest absolute Gasteiger partial charge is 0.296 e. The predicted molar refractivity (Wildman–Crippen MR) is 69.0 cm³/mol. The van der Waals surface area contributed by atoms with Gasteiger partial charge in [-0.15, -0.1) is 0 Å². The first-order valence-electron chi connectivity index (χ1n) is 6.10. The standard InChI is InChI=1S/C12H13N3O3S/c16-7-10-4-1-5-11-13-12(14-15(10)11)9-3-2-6-19(17,18)8-9/h1,4-5,7,9H,2-3,6,8H2. The molecular weight excluding hydrogens is 266 g/mol. The van der Waals surface area contributed by atoms with Gasteiger partial charge in [0.2, 0.25) is 0 Å². The summed E-state index contributed by atoms with van der Waals surface area (Å²) in [7, 11) is -2.99. The van der Waals surface area contributed by atoms with Gasteiger partial charge < -0.3 is 0 Å². The number of nitrogens with zero attached hydrogens (tertiary/aromatic N) is 3. The number of aromatic nitrogens is 3. The fourth-order valence-electron chi connectivity index (χ4n) is 2.43. The summed E-state index contributed by atoms with van der Waals surface area (Å²) >= 11 is 0. The number of pyridine rings is 1. The van der Waals surface area contributed by atoms with Crippen molar-refractivity contribution in [1.82, 2.24) is 14.6 Å². The molecular formula is C12H13N3O3S. The minimum Gasteiger partial charge on any atom is -0.296 e. The van der Waals surface area contributed by atoms with Crippen LogP contribution in [0.5, 0.6) is 0 Å². The van der Waals surface area contributed by atoms with Gasteiger partial charge in [-0.1, -0.05) is 6.07 Å². The molecule has 0 amide bonds. The second-order valence-corrected chi connectivity index (χ2v) is 6.99. The molecule has 2 aromatic heterocycles. The molecule has 0 N–H and O–H groups in total. The Bertz CT molecular complexity index is 736. The molecule has 0 aromatic carbocycles. The van der Waals surface area contributed by atoms with Gasteiger partial charge in [-0.2, -0.15) is 5.10 Å². The molecule has 1 unspecified atom stereocenters. The van der Waals surface area contributed by atoms with Crippen molar-refractivity contribution in [3.8, 4) is 0 Å². The monoisotopic (exact) mass is 279 g/mol. The van der Waals surface area contributed by atoms with Crippen LogP contribution in [0, 0.1) is 0 Å². The Kier molecular flexibility index (Phi) is 2.85. The maximum atomic E-state index is 11.7. The Hall–Kier alpha value is -1.76. The summed E-state index contributed by atoms with van der Waals surface area (Å²) < 4.78 is 24.8. The quantitative estimate of drug-likeness (QED) is 0.761. The molecule has 6 nitrogen and oxygen atoms in total. The van der Waals surface area contributed by atoms with Crippen LogP contribution in [0.2, 0.25) is 0 Å². The van der Waals surface area contributed by atoms with Crippen molar-refractivity contribution >= 4 is 21.8 Å². The van der Waals surface area contributed by atoms with Crippen LogP contribution in [0.1, 0.15) is 35.1 Å². The van der Waals surface area contributed by atoms with Crippen molar-refractivity contribution in [1.29, 1.82) is 0 Å². The average Bonchev–Trinajstić information content (AvgIpc) is 2.81. The second kappa shape index (κ2) is 4.41. The minimum absolute atomic E-state index is 0.0975. The molecule has 0 aliphatic carbocycles. The van der Waals surface area contributed by atoms with Crippen LogP contribution < -0.4 is 0 Å². The third-order valence-electron chi connectivity index (χ3n) is 3.35. The van der Waals surface area contributed by atoms with Crippen molar-refractivity contribution in [3.05, 3.63) is 29.7 Å². The highest BCUT2D eigenvalue weighted by atomic mass is 32.2. The zero-order chi connectivity index (χ0) is 13.5. The Balaban J connectivity index is 2.04. The van der Waals surface area contributed by atoms with E-state index in [-0.39, 0.29) is 17.4 Å². The smallest absolute Gasteiger partial charge is 0.168 e. The van der Waals surface area contributed by atoms with Gasteiger partial charge in [-0.3, -0.25) is 4.79 Å². The molecule has 1 aliphatic heterocycles. The van der Waals surface area contributed by atoms with E-state index in [9.17, 15) is 13.2 Å². The molecule has 3 heterocycles. The van der Waals surface area contributed by atoms with Crippen LogP contribution in [0.25, 0.3) is 5.65 Å². The first-order valence-corrected chi connectivity index (χ1v) is 7.92. The summed E-state index contributed by atoms with van der Waals surface area (Å²) in [6.45, 7) is 0. The molecule has 7 heteroatoms. The number of sulfone groups is 1. The SMILES string of the molecule is O=Cc1cccc2nc(C3CCCS(=O)(=O)C3)nn12. The molecule has 0 spiro atoms. The lowest BCUT2D eigenvalue weighted by atomic mass is 10.1. The van der Waals surface area contributed by atoms with Gasteiger partial charge in [0.15, 0.2) is 27.6 Å². The zero-order valence-corrected chi connectivity index (χ0v) is 11.0. The summed E-state index contributed by atoms with van der Waals surface area (Å²) in [5, 5.41) is 4.28. The van der Waals surface area contributed by atoms with Crippen LogP contribution in [-0.2, 0) is 9.84 Å². The highest BCUT2D eigenvalue weighted by Gasteiger charge is 2.28. The van der Waals surface area contributed by atoms with Crippen molar-refractivity contribution in [2.75, 3.05) is 11.5 Å². The Labute approximate surface area is 110 Å². The molecule has 0 bridgehead atoms. The predicted octanol–water partition coefficient (Wildman–Crippen LogP) is 0.834.